The fourth-order valence-corrected chi connectivity index (χ4v) is 2.17. The highest BCUT2D eigenvalue weighted by Crippen LogP contribution is 2.13. The molecule has 0 bridgehead atoms. The van der Waals surface area contributed by atoms with E-state index >= 15 is 0 Å². The third kappa shape index (κ3) is 3.01. The van der Waals surface area contributed by atoms with Gasteiger partial charge in [-0.15, -0.1) is 0 Å². The summed E-state index contributed by atoms with van der Waals surface area (Å²) in [5.41, 5.74) is 1.88. The van der Waals surface area contributed by atoms with Gasteiger partial charge in [-0.05, 0) is 27.7 Å². The lowest BCUT2D eigenvalue weighted by Crippen LogP contribution is -2.29. The van der Waals surface area contributed by atoms with Crippen molar-refractivity contribution in [1.29, 1.82) is 0 Å². The molecule has 2 rings (SSSR count). The minimum Gasteiger partial charge on any atom is -0.481 e. The van der Waals surface area contributed by atoms with Crippen molar-refractivity contribution in [2.24, 2.45) is 0 Å². The molecule has 0 aromatic carbocycles. The fourth-order valence-electron chi connectivity index (χ4n) is 2.17. The van der Waals surface area contributed by atoms with Crippen LogP contribution in [-0.2, 0) is 17.8 Å². The number of carboxylic acid groups (broad SMARTS) is 1. The van der Waals surface area contributed by atoms with Crippen molar-refractivity contribution in [3.8, 4) is 0 Å². The van der Waals surface area contributed by atoms with E-state index < -0.39 is 11.7 Å². The molecule has 2 aromatic heterocycles. The number of aliphatic carboxylic acids is 1. The molecule has 0 aliphatic carbocycles. The first-order valence-corrected chi connectivity index (χ1v) is 6.51. The van der Waals surface area contributed by atoms with Gasteiger partial charge in [0.15, 0.2) is 0 Å². The number of aryl methyl sites for hydroxylation is 3. The Morgan fingerprint density at radius 3 is 2.38 bits per heavy atom. The van der Waals surface area contributed by atoms with Crippen molar-refractivity contribution < 1.29 is 14.3 Å². The smallest absolute Gasteiger partial charge is 0.348 e. The SMILES string of the molecule is Cc1nc(Cn2c(C)c(CC(=O)O)c(C)nc2=O)oc1C. The van der Waals surface area contributed by atoms with Crippen molar-refractivity contribution in [2.45, 2.75) is 40.7 Å². The van der Waals surface area contributed by atoms with Gasteiger partial charge in [-0.3, -0.25) is 9.36 Å². The summed E-state index contributed by atoms with van der Waals surface area (Å²) in [6, 6.07) is 0. The van der Waals surface area contributed by atoms with E-state index in [1.165, 1.54) is 4.57 Å². The molecule has 0 aliphatic rings. The summed E-state index contributed by atoms with van der Waals surface area (Å²) in [4.78, 5) is 31.1. The summed E-state index contributed by atoms with van der Waals surface area (Å²) in [5, 5.41) is 8.96. The lowest BCUT2D eigenvalue weighted by molar-refractivity contribution is -0.136. The molecule has 7 nitrogen and oxygen atoms in total. The third-order valence-corrected chi connectivity index (χ3v) is 3.47. The first kappa shape index (κ1) is 15.0. The molecule has 1 N–H and O–H groups in total. The zero-order valence-electron chi connectivity index (χ0n) is 12.4. The standard InChI is InChI=1S/C14H17N3O4/c1-7-10(4)21-12(15-7)6-17-9(3)11(5-13(18)19)8(2)16-14(17)20/h5-6H2,1-4H3,(H,18,19). The van der Waals surface area contributed by atoms with Crippen LogP contribution >= 0.6 is 0 Å². The molecule has 21 heavy (non-hydrogen) atoms. The molecule has 0 amide bonds. The second kappa shape index (κ2) is 5.51. The zero-order chi connectivity index (χ0) is 15.7. The largest absolute Gasteiger partial charge is 0.481 e. The molecule has 0 saturated heterocycles. The molecule has 0 spiro atoms. The number of oxazole rings is 1. The number of hydrogen-bond acceptors (Lipinski definition) is 5. The second-order valence-corrected chi connectivity index (χ2v) is 4.95. The highest BCUT2D eigenvalue weighted by molar-refractivity contribution is 5.70. The van der Waals surface area contributed by atoms with Gasteiger partial charge in [0, 0.05) is 17.0 Å². The minimum absolute atomic E-state index is 0.138. The van der Waals surface area contributed by atoms with E-state index in [0.29, 0.717) is 28.6 Å². The van der Waals surface area contributed by atoms with Crippen LogP contribution in [0.15, 0.2) is 9.21 Å². The van der Waals surface area contributed by atoms with Crippen LogP contribution in [0.1, 0.15) is 34.3 Å². The number of rotatable bonds is 4. The average Bonchev–Trinajstić information content (AvgIpc) is 2.69. The molecule has 0 aliphatic heterocycles. The molecule has 112 valence electrons. The summed E-state index contributed by atoms with van der Waals surface area (Å²) in [5.74, 6) is 0.139. The number of hydrogen-bond donors (Lipinski definition) is 1. The Bertz CT molecular complexity index is 739. The quantitative estimate of drug-likeness (QED) is 0.907. The Balaban J connectivity index is 2.48. The lowest BCUT2D eigenvalue weighted by atomic mass is 10.1. The minimum atomic E-state index is -0.962. The van der Waals surface area contributed by atoms with Crippen molar-refractivity contribution >= 4 is 5.97 Å². The molecular formula is C14H17N3O4. The molecule has 2 aromatic rings. The average molecular weight is 291 g/mol. The van der Waals surface area contributed by atoms with E-state index in [0.717, 1.165) is 5.69 Å². The van der Waals surface area contributed by atoms with E-state index in [1.54, 1.807) is 20.8 Å². The summed E-state index contributed by atoms with van der Waals surface area (Å²) in [6.07, 6.45) is -0.172. The molecule has 2 heterocycles. The van der Waals surface area contributed by atoms with E-state index in [2.05, 4.69) is 9.97 Å². The second-order valence-electron chi connectivity index (χ2n) is 4.95. The van der Waals surface area contributed by atoms with Crippen molar-refractivity contribution in [3.63, 3.8) is 0 Å². The van der Waals surface area contributed by atoms with Crippen LogP contribution in [-0.4, -0.2) is 25.6 Å². The van der Waals surface area contributed by atoms with E-state index in [9.17, 15) is 9.59 Å². The Morgan fingerprint density at radius 1 is 1.19 bits per heavy atom. The first-order valence-electron chi connectivity index (χ1n) is 6.51. The van der Waals surface area contributed by atoms with Gasteiger partial charge >= 0.3 is 11.7 Å². The van der Waals surface area contributed by atoms with E-state index in [1.807, 2.05) is 6.92 Å². The van der Waals surface area contributed by atoms with Crippen LogP contribution in [0, 0.1) is 27.7 Å². The predicted octanol–water partition coefficient (Wildman–Crippen LogP) is 1.14. The van der Waals surface area contributed by atoms with Crippen molar-refractivity contribution in [1.82, 2.24) is 14.5 Å². The molecule has 0 atom stereocenters. The van der Waals surface area contributed by atoms with Crippen LogP contribution in [0.3, 0.4) is 0 Å². The first-order chi connectivity index (χ1) is 9.79. The van der Waals surface area contributed by atoms with E-state index in [-0.39, 0.29) is 13.0 Å². The van der Waals surface area contributed by atoms with Crippen molar-refractivity contribution in [2.75, 3.05) is 0 Å². The highest BCUT2D eigenvalue weighted by atomic mass is 16.4. The van der Waals surface area contributed by atoms with Gasteiger partial charge < -0.3 is 9.52 Å². The van der Waals surface area contributed by atoms with Crippen LogP contribution in [0.25, 0.3) is 0 Å². The summed E-state index contributed by atoms with van der Waals surface area (Å²) < 4.78 is 6.85. The van der Waals surface area contributed by atoms with Crippen molar-refractivity contribution in [3.05, 3.63) is 44.8 Å². The Labute approximate surface area is 121 Å². The highest BCUT2D eigenvalue weighted by Gasteiger charge is 2.16. The van der Waals surface area contributed by atoms with Gasteiger partial charge in [-0.2, -0.15) is 4.98 Å². The predicted molar refractivity (Wildman–Crippen MR) is 74.4 cm³/mol. The van der Waals surface area contributed by atoms with Gasteiger partial charge in [0.2, 0.25) is 5.89 Å². The Morgan fingerprint density at radius 2 is 1.86 bits per heavy atom. The lowest BCUT2D eigenvalue weighted by Gasteiger charge is -2.13. The molecular weight excluding hydrogens is 274 g/mol. The van der Waals surface area contributed by atoms with Gasteiger partial charge in [0.05, 0.1) is 12.1 Å². The van der Waals surface area contributed by atoms with Gasteiger partial charge in [-0.1, -0.05) is 0 Å². The fraction of sp³-hybridized carbons (Fsp3) is 0.429. The number of carbonyl (C=O) groups is 1. The summed E-state index contributed by atoms with van der Waals surface area (Å²) in [7, 11) is 0. The number of aromatic nitrogens is 3. The van der Waals surface area contributed by atoms with Crippen LogP contribution < -0.4 is 5.69 Å². The number of carboxylic acids is 1. The summed E-state index contributed by atoms with van der Waals surface area (Å²) in [6.45, 7) is 7.10. The molecule has 0 radical (unpaired) electrons. The molecule has 7 heteroatoms. The Hall–Kier alpha value is -2.44. The maximum absolute atomic E-state index is 12.0. The van der Waals surface area contributed by atoms with Crippen LogP contribution in [0.4, 0.5) is 0 Å². The topological polar surface area (TPSA) is 98.2 Å². The summed E-state index contributed by atoms with van der Waals surface area (Å²) >= 11 is 0. The van der Waals surface area contributed by atoms with Gasteiger partial charge in [0.1, 0.15) is 12.3 Å². The Kier molecular flexibility index (Phi) is 3.93. The third-order valence-electron chi connectivity index (χ3n) is 3.47. The van der Waals surface area contributed by atoms with Crippen LogP contribution in [0.5, 0.6) is 0 Å². The normalized spacial score (nSPS) is 10.9. The monoisotopic (exact) mass is 291 g/mol. The maximum Gasteiger partial charge on any atom is 0.348 e. The molecule has 0 fully saturated rings. The van der Waals surface area contributed by atoms with Gasteiger partial charge in [-0.25, -0.2) is 9.78 Å². The van der Waals surface area contributed by atoms with Gasteiger partial charge in [0.25, 0.3) is 0 Å². The molecule has 0 unspecified atom stereocenters. The van der Waals surface area contributed by atoms with E-state index in [4.69, 9.17) is 9.52 Å². The molecule has 0 saturated carbocycles. The zero-order valence-corrected chi connectivity index (χ0v) is 12.4. The number of nitrogens with zero attached hydrogens (tertiary/aromatic N) is 3. The van der Waals surface area contributed by atoms with Crippen LogP contribution in [0.2, 0.25) is 0 Å². The maximum atomic E-state index is 12.0.